The molecule has 0 heterocycles. The van der Waals surface area contributed by atoms with Gasteiger partial charge < -0.3 is 10.1 Å². The molecule has 33 heavy (non-hydrogen) atoms. The van der Waals surface area contributed by atoms with E-state index in [0.717, 1.165) is 6.42 Å². The van der Waals surface area contributed by atoms with Crippen LogP contribution in [0.1, 0.15) is 162 Å². The van der Waals surface area contributed by atoms with E-state index in [2.05, 4.69) is 26.1 Å². The zero-order valence-corrected chi connectivity index (χ0v) is 23.1. The van der Waals surface area contributed by atoms with Gasteiger partial charge in [-0.05, 0) is 51.1 Å². The minimum Gasteiger partial charge on any atom is -0.465 e. The lowest BCUT2D eigenvalue weighted by molar-refractivity contribution is -0.145. The van der Waals surface area contributed by atoms with Crippen LogP contribution in [0.3, 0.4) is 0 Å². The average Bonchev–Trinajstić information content (AvgIpc) is 2.82. The Balaban J connectivity index is 3.61. The molecule has 3 heteroatoms. The second kappa shape index (κ2) is 27.7. The molecule has 1 N–H and O–H groups in total. The van der Waals surface area contributed by atoms with Crippen molar-refractivity contribution in [2.45, 2.75) is 162 Å². The highest BCUT2D eigenvalue weighted by Crippen LogP contribution is 2.19. The lowest BCUT2D eigenvalue weighted by atomic mass is 9.95. The van der Waals surface area contributed by atoms with Gasteiger partial charge in [-0.15, -0.1) is 0 Å². The van der Waals surface area contributed by atoms with Crippen LogP contribution < -0.4 is 5.32 Å². The predicted molar refractivity (Wildman–Crippen MR) is 146 cm³/mol. The third-order valence-electron chi connectivity index (χ3n) is 6.85. The van der Waals surface area contributed by atoms with Crippen molar-refractivity contribution in [1.29, 1.82) is 0 Å². The molecule has 0 spiro atoms. The van der Waals surface area contributed by atoms with Gasteiger partial charge in [0.05, 0.1) is 6.61 Å². The molecule has 0 aromatic carbocycles. The summed E-state index contributed by atoms with van der Waals surface area (Å²) in [6, 6.07) is 0. The van der Waals surface area contributed by atoms with Gasteiger partial charge in [-0.2, -0.15) is 0 Å². The van der Waals surface area contributed by atoms with Crippen LogP contribution in [0.2, 0.25) is 0 Å². The van der Waals surface area contributed by atoms with E-state index < -0.39 is 0 Å². The Morgan fingerprint density at radius 3 is 1.52 bits per heavy atom. The molecule has 0 aromatic heterocycles. The van der Waals surface area contributed by atoms with E-state index in [9.17, 15) is 4.79 Å². The monoisotopic (exact) mass is 467 g/mol. The molecule has 198 valence electrons. The van der Waals surface area contributed by atoms with Crippen molar-refractivity contribution >= 4 is 5.97 Å². The second-order valence-electron chi connectivity index (χ2n) is 10.3. The molecule has 0 rings (SSSR count). The molecule has 0 aromatic rings. The van der Waals surface area contributed by atoms with E-state index in [1.807, 2.05) is 0 Å². The standard InChI is InChI=1S/C30H61NO2/c1-4-7-10-18-23-29(24-19-11-8-5-2)28-33-30(32)25-20-16-14-13-15-17-22-27-31-26-21-12-9-6-3/h29,31H,4-28H2,1-3H3. The number of hydrogen-bond donors (Lipinski definition) is 1. The number of esters is 1. The molecule has 0 aliphatic rings. The van der Waals surface area contributed by atoms with Gasteiger partial charge in [0, 0.05) is 6.42 Å². The summed E-state index contributed by atoms with van der Waals surface area (Å²) < 4.78 is 5.69. The summed E-state index contributed by atoms with van der Waals surface area (Å²) >= 11 is 0. The minimum atomic E-state index is 0.0344. The Bertz CT molecular complexity index is 373. The van der Waals surface area contributed by atoms with Gasteiger partial charge >= 0.3 is 5.97 Å². The van der Waals surface area contributed by atoms with Crippen LogP contribution in [0, 0.1) is 5.92 Å². The summed E-state index contributed by atoms with van der Waals surface area (Å²) in [5.41, 5.74) is 0. The maximum Gasteiger partial charge on any atom is 0.305 e. The molecule has 0 unspecified atom stereocenters. The molecule has 0 saturated heterocycles. The highest BCUT2D eigenvalue weighted by Gasteiger charge is 2.12. The Morgan fingerprint density at radius 2 is 1.00 bits per heavy atom. The first-order valence-corrected chi connectivity index (χ1v) is 15.1. The molecule has 0 atom stereocenters. The predicted octanol–water partition coefficient (Wildman–Crippen LogP) is 9.38. The molecule has 0 fully saturated rings. The van der Waals surface area contributed by atoms with Gasteiger partial charge in [-0.3, -0.25) is 4.79 Å². The van der Waals surface area contributed by atoms with Gasteiger partial charge in [0.15, 0.2) is 0 Å². The quantitative estimate of drug-likeness (QED) is 0.0965. The van der Waals surface area contributed by atoms with Crippen molar-refractivity contribution < 1.29 is 9.53 Å². The summed E-state index contributed by atoms with van der Waals surface area (Å²) in [6.07, 6.45) is 27.6. The van der Waals surface area contributed by atoms with Crippen molar-refractivity contribution in [2.75, 3.05) is 19.7 Å². The largest absolute Gasteiger partial charge is 0.465 e. The van der Waals surface area contributed by atoms with Gasteiger partial charge in [0.25, 0.3) is 0 Å². The lowest BCUT2D eigenvalue weighted by Gasteiger charge is -2.17. The summed E-state index contributed by atoms with van der Waals surface area (Å²) in [4.78, 5) is 12.2. The number of unbranched alkanes of at least 4 members (excludes halogenated alkanes) is 15. The molecule has 0 saturated carbocycles. The maximum absolute atomic E-state index is 12.2. The number of rotatable bonds is 27. The Labute approximate surface area is 208 Å². The van der Waals surface area contributed by atoms with Gasteiger partial charge in [-0.1, -0.05) is 124 Å². The van der Waals surface area contributed by atoms with Crippen molar-refractivity contribution in [1.82, 2.24) is 5.32 Å². The first kappa shape index (κ1) is 32.4. The Kier molecular flexibility index (Phi) is 27.2. The van der Waals surface area contributed by atoms with Crippen LogP contribution in [-0.4, -0.2) is 25.7 Å². The highest BCUT2D eigenvalue weighted by molar-refractivity contribution is 5.69. The fraction of sp³-hybridized carbons (Fsp3) is 0.967. The van der Waals surface area contributed by atoms with E-state index in [0.29, 0.717) is 18.9 Å². The zero-order valence-electron chi connectivity index (χ0n) is 23.1. The van der Waals surface area contributed by atoms with Gasteiger partial charge in [-0.25, -0.2) is 0 Å². The highest BCUT2D eigenvalue weighted by atomic mass is 16.5. The minimum absolute atomic E-state index is 0.0344. The second-order valence-corrected chi connectivity index (χ2v) is 10.3. The van der Waals surface area contributed by atoms with Crippen LogP contribution in [0.5, 0.6) is 0 Å². The van der Waals surface area contributed by atoms with Crippen LogP contribution >= 0.6 is 0 Å². The molecule has 0 aliphatic carbocycles. The first-order valence-electron chi connectivity index (χ1n) is 15.1. The third kappa shape index (κ3) is 25.9. The number of hydrogen-bond acceptors (Lipinski definition) is 3. The fourth-order valence-corrected chi connectivity index (χ4v) is 4.52. The Morgan fingerprint density at radius 1 is 0.576 bits per heavy atom. The van der Waals surface area contributed by atoms with E-state index in [1.54, 1.807) is 0 Å². The summed E-state index contributed by atoms with van der Waals surface area (Å²) in [5.74, 6) is 0.612. The molecule has 0 amide bonds. The SMILES string of the molecule is CCCCCCNCCCCCCCCCC(=O)OCC(CCCCCC)CCCCCC. The first-order chi connectivity index (χ1) is 16.2. The maximum atomic E-state index is 12.2. The molecular formula is C30H61NO2. The van der Waals surface area contributed by atoms with E-state index >= 15 is 0 Å². The summed E-state index contributed by atoms with van der Waals surface area (Å²) in [5, 5.41) is 3.57. The van der Waals surface area contributed by atoms with Crippen molar-refractivity contribution in [3.63, 3.8) is 0 Å². The molecule has 3 nitrogen and oxygen atoms in total. The van der Waals surface area contributed by atoms with Crippen molar-refractivity contribution in [3.05, 3.63) is 0 Å². The van der Waals surface area contributed by atoms with Crippen LogP contribution in [0.4, 0.5) is 0 Å². The zero-order chi connectivity index (χ0) is 24.2. The van der Waals surface area contributed by atoms with Crippen LogP contribution in [0.25, 0.3) is 0 Å². The van der Waals surface area contributed by atoms with Gasteiger partial charge in [0.1, 0.15) is 0 Å². The molecular weight excluding hydrogens is 406 g/mol. The third-order valence-corrected chi connectivity index (χ3v) is 6.85. The van der Waals surface area contributed by atoms with Crippen molar-refractivity contribution in [2.24, 2.45) is 5.92 Å². The van der Waals surface area contributed by atoms with Crippen LogP contribution in [-0.2, 0) is 9.53 Å². The molecule has 0 radical (unpaired) electrons. The topological polar surface area (TPSA) is 38.3 Å². The van der Waals surface area contributed by atoms with Crippen molar-refractivity contribution in [3.8, 4) is 0 Å². The Hall–Kier alpha value is -0.570. The molecule has 0 aliphatic heterocycles. The fourth-order valence-electron chi connectivity index (χ4n) is 4.52. The van der Waals surface area contributed by atoms with E-state index in [1.165, 1.54) is 142 Å². The average molecular weight is 468 g/mol. The summed E-state index contributed by atoms with van der Waals surface area (Å²) in [6.45, 7) is 9.81. The number of nitrogens with one attached hydrogen (secondary N) is 1. The normalized spacial score (nSPS) is 11.4. The lowest BCUT2D eigenvalue weighted by Crippen LogP contribution is -2.16. The number of carbonyl (C=O) groups is 1. The van der Waals surface area contributed by atoms with E-state index in [4.69, 9.17) is 4.74 Å². The smallest absolute Gasteiger partial charge is 0.305 e. The van der Waals surface area contributed by atoms with Crippen LogP contribution in [0.15, 0.2) is 0 Å². The van der Waals surface area contributed by atoms with Gasteiger partial charge in [0.2, 0.25) is 0 Å². The van der Waals surface area contributed by atoms with E-state index in [-0.39, 0.29) is 5.97 Å². The molecule has 0 bridgehead atoms. The number of ether oxygens (including phenoxy) is 1. The number of carbonyl (C=O) groups excluding carboxylic acids is 1. The summed E-state index contributed by atoms with van der Waals surface area (Å²) in [7, 11) is 0.